The van der Waals surface area contributed by atoms with E-state index in [1.165, 1.54) is 15.6 Å². The van der Waals surface area contributed by atoms with Gasteiger partial charge in [0.2, 0.25) is 0 Å². The molecule has 2 aromatic rings. The second kappa shape index (κ2) is 5.37. The number of hydrogen-bond acceptors (Lipinski definition) is 3. The van der Waals surface area contributed by atoms with Crippen molar-refractivity contribution in [1.82, 2.24) is 0 Å². The largest absolute Gasteiger partial charge is 0.398 e. The van der Waals surface area contributed by atoms with E-state index in [-0.39, 0.29) is 0 Å². The number of aryl methyl sites for hydroxylation is 1. The first kappa shape index (κ1) is 14.7. The number of hydrogen-bond donors (Lipinski definition) is 0. The summed E-state index contributed by atoms with van der Waals surface area (Å²) in [4.78, 5) is 0.981. The monoisotopic (exact) mass is 353 g/mol. The van der Waals surface area contributed by atoms with Gasteiger partial charge in [0.15, 0.2) is 14.4 Å². The lowest BCUT2D eigenvalue weighted by molar-refractivity contribution is 0.258. The molecule has 1 atom stereocenters. The molecule has 2 rings (SSSR count). The Labute approximate surface area is 127 Å². The molecule has 100 valence electrons. The summed E-state index contributed by atoms with van der Waals surface area (Å²) in [7, 11) is -1.75. The standard InChI is InChI=1S/C14H16BrNOSSi/c1-9-6-5-7-11-12(9)13(15)14(18-11)10(8-16)17-19(2,3)4/h5-7,10H,1-4H3. The van der Waals surface area contributed by atoms with Crippen LogP contribution >= 0.6 is 27.3 Å². The normalized spacial score (nSPS) is 13.5. The summed E-state index contributed by atoms with van der Waals surface area (Å²) in [5.74, 6) is 0. The predicted molar refractivity (Wildman–Crippen MR) is 87.0 cm³/mol. The fraction of sp³-hybridized carbons (Fsp3) is 0.357. The summed E-state index contributed by atoms with van der Waals surface area (Å²) in [6.45, 7) is 8.39. The summed E-state index contributed by atoms with van der Waals surface area (Å²) in [6.07, 6.45) is -0.474. The van der Waals surface area contributed by atoms with Crippen molar-refractivity contribution >= 4 is 45.7 Å². The number of nitriles is 1. The summed E-state index contributed by atoms with van der Waals surface area (Å²) >= 11 is 5.29. The Morgan fingerprint density at radius 3 is 2.58 bits per heavy atom. The molecule has 0 radical (unpaired) electrons. The quantitative estimate of drug-likeness (QED) is 0.693. The minimum absolute atomic E-state index is 0.474. The Morgan fingerprint density at radius 1 is 1.37 bits per heavy atom. The molecule has 1 unspecified atom stereocenters. The number of nitrogens with zero attached hydrogens (tertiary/aromatic N) is 1. The molecule has 0 amide bonds. The smallest absolute Gasteiger partial charge is 0.186 e. The molecule has 0 spiro atoms. The van der Waals surface area contributed by atoms with Crippen LogP contribution in [0.5, 0.6) is 0 Å². The average Bonchev–Trinajstić information content (AvgIpc) is 2.64. The summed E-state index contributed by atoms with van der Waals surface area (Å²) in [6, 6.07) is 8.51. The van der Waals surface area contributed by atoms with Crippen LogP contribution in [0.4, 0.5) is 0 Å². The highest BCUT2D eigenvalue weighted by molar-refractivity contribution is 9.10. The minimum Gasteiger partial charge on any atom is -0.398 e. The highest BCUT2D eigenvalue weighted by atomic mass is 79.9. The number of halogens is 1. The molecule has 0 aliphatic heterocycles. The van der Waals surface area contributed by atoms with Crippen LogP contribution in [0.15, 0.2) is 22.7 Å². The van der Waals surface area contributed by atoms with Crippen molar-refractivity contribution < 1.29 is 4.43 Å². The van der Waals surface area contributed by atoms with Gasteiger partial charge >= 0.3 is 0 Å². The van der Waals surface area contributed by atoms with E-state index in [9.17, 15) is 5.26 Å². The fourth-order valence-electron chi connectivity index (χ4n) is 1.95. The van der Waals surface area contributed by atoms with E-state index >= 15 is 0 Å². The molecule has 0 fully saturated rings. The van der Waals surface area contributed by atoms with E-state index < -0.39 is 14.4 Å². The van der Waals surface area contributed by atoms with E-state index in [1.54, 1.807) is 11.3 Å². The zero-order valence-electron chi connectivity index (χ0n) is 11.5. The first-order valence-electron chi connectivity index (χ1n) is 6.08. The molecular formula is C14H16BrNOSSi. The van der Waals surface area contributed by atoms with Gasteiger partial charge in [-0.2, -0.15) is 5.26 Å². The van der Waals surface area contributed by atoms with Crippen LogP contribution in [0.1, 0.15) is 16.5 Å². The van der Waals surface area contributed by atoms with Crippen molar-refractivity contribution in [2.45, 2.75) is 32.7 Å². The fourth-order valence-corrected chi connectivity index (χ4v) is 5.17. The van der Waals surface area contributed by atoms with E-state index in [0.717, 1.165) is 9.35 Å². The zero-order valence-corrected chi connectivity index (χ0v) is 14.9. The maximum atomic E-state index is 9.39. The van der Waals surface area contributed by atoms with Gasteiger partial charge in [-0.1, -0.05) is 12.1 Å². The number of thiophene rings is 1. The number of rotatable bonds is 3. The van der Waals surface area contributed by atoms with Gasteiger partial charge < -0.3 is 4.43 Å². The second-order valence-corrected chi connectivity index (χ2v) is 11.8. The highest BCUT2D eigenvalue weighted by Crippen LogP contribution is 2.42. The minimum atomic E-state index is -1.75. The molecule has 2 nitrogen and oxygen atoms in total. The van der Waals surface area contributed by atoms with Gasteiger partial charge in [-0.3, -0.25) is 0 Å². The predicted octanol–water partition coefficient (Wildman–Crippen LogP) is 5.39. The molecule has 1 aromatic carbocycles. The summed E-state index contributed by atoms with van der Waals surface area (Å²) < 4.78 is 8.19. The van der Waals surface area contributed by atoms with E-state index in [0.29, 0.717) is 0 Å². The van der Waals surface area contributed by atoms with Crippen LogP contribution in [0, 0.1) is 18.3 Å². The maximum absolute atomic E-state index is 9.39. The number of fused-ring (bicyclic) bond motifs is 1. The molecule has 0 saturated heterocycles. The van der Waals surface area contributed by atoms with Gasteiger partial charge in [0, 0.05) is 14.6 Å². The van der Waals surface area contributed by atoms with Crippen molar-refractivity contribution in [2.75, 3.05) is 0 Å². The van der Waals surface area contributed by atoms with E-state index in [4.69, 9.17) is 4.43 Å². The Bertz CT molecular complexity index is 654. The third-order valence-corrected chi connectivity index (χ3v) is 5.94. The maximum Gasteiger partial charge on any atom is 0.186 e. The SMILES string of the molecule is Cc1cccc2sc(C(C#N)O[Si](C)(C)C)c(Br)c12. The molecule has 1 heterocycles. The Balaban J connectivity index is 2.54. The zero-order chi connectivity index (χ0) is 14.2. The Kier molecular flexibility index (Phi) is 4.16. The lowest BCUT2D eigenvalue weighted by Gasteiger charge is -2.21. The lowest BCUT2D eigenvalue weighted by Crippen LogP contribution is -2.27. The second-order valence-electron chi connectivity index (χ2n) is 5.47. The van der Waals surface area contributed by atoms with Crippen molar-refractivity contribution in [1.29, 1.82) is 5.26 Å². The first-order chi connectivity index (χ1) is 8.83. The van der Waals surface area contributed by atoms with Gasteiger partial charge in [0.25, 0.3) is 0 Å². The summed E-state index contributed by atoms with van der Waals surface area (Å²) in [5, 5.41) is 10.6. The molecule has 5 heteroatoms. The molecule has 0 N–H and O–H groups in total. The highest BCUT2D eigenvalue weighted by Gasteiger charge is 2.26. The molecule has 0 bridgehead atoms. The molecule has 0 aliphatic rings. The first-order valence-corrected chi connectivity index (χ1v) is 11.1. The molecule has 19 heavy (non-hydrogen) atoms. The van der Waals surface area contributed by atoms with Crippen LogP contribution in [0.3, 0.4) is 0 Å². The lowest BCUT2D eigenvalue weighted by atomic mass is 10.1. The summed E-state index contributed by atoms with van der Waals surface area (Å²) in [5.41, 5.74) is 1.22. The van der Waals surface area contributed by atoms with Crippen LogP contribution < -0.4 is 0 Å². The molecule has 0 saturated carbocycles. The Morgan fingerprint density at radius 2 is 2.05 bits per heavy atom. The van der Waals surface area contributed by atoms with Crippen molar-refractivity contribution in [2.24, 2.45) is 0 Å². The van der Waals surface area contributed by atoms with Crippen LogP contribution in [0.25, 0.3) is 10.1 Å². The average molecular weight is 354 g/mol. The van der Waals surface area contributed by atoms with Gasteiger partial charge in [-0.15, -0.1) is 11.3 Å². The van der Waals surface area contributed by atoms with Gasteiger partial charge in [0.05, 0.1) is 10.9 Å². The molecule has 0 aliphatic carbocycles. The van der Waals surface area contributed by atoms with E-state index in [1.807, 2.05) is 6.07 Å². The topological polar surface area (TPSA) is 33.0 Å². The van der Waals surface area contributed by atoms with Gasteiger partial charge in [-0.25, -0.2) is 0 Å². The third kappa shape index (κ3) is 3.08. The van der Waals surface area contributed by atoms with E-state index in [2.05, 4.69) is 60.7 Å². The van der Waals surface area contributed by atoms with Crippen LogP contribution in [-0.2, 0) is 4.43 Å². The van der Waals surface area contributed by atoms with Gasteiger partial charge in [0.1, 0.15) is 0 Å². The Hall–Kier alpha value is -0.673. The van der Waals surface area contributed by atoms with Crippen LogP contribution in [-0.4, -0.2) is 8.32 Å². The molecular weight excluding hydrogens is 338 g/mol. The van der Waals surface area contributed by atoms with Crippen molar-refractivity contribution in [3.8, 4) is 6.07 Å². The van der Waals surface area contributed by atoms with Crippen LogP contribution in [0.2, 0.25) is 19.6 Å². The molecule has 1 aromatic heterocycles. The van der Waals surface area contributed by atoms with Crippen molar-refractivity contribution in [3.05, 3.63) is 33.1 Å². The number of benzene rings is 1. The third-order valence-electron chi connectivity index (χ3n) is 2.72. The van der Waals surface area contributed by atoms with Crippen molar-refractivity contribution in [3.63, 3.8) is 0 Å². The van der Waals surface area contributed by atoms with Gasteiger partial charge in [-0.05, 0) is 54.1 Å².